The van der Waals surface area contributed by atoms with Gasteiger partial charge in [-0.2, -0.15) is 0 Å². The number of pyridine rings is 1. The highest BCUT2D eigenvalue weighted by molar-refractivity contribution is 5.99. The number of aromatic nitrogens is 3. The summed E-state index contributed by atoms with van der Waals surface area (Å²) in [4.78, 5) is 22.2. The molecule has 5 nitrogen and oxygen atoms in total. The zero-order valence-corrected chi connectivity index (χ0v) is 10.4. The lowest BCUT2D eigenvalue weighted by molar-refractivity contribution is 0.0961. The first-order valence-corrected chi connectivity index (χ1v) is 6.16. The summed E-state index contributed by atoms with van der Waals surface area (Å²) in [5.41, 5.74) is 5.83. The van der Waals surface area contributed by atoms with Crippen molar-refractivity contribution < 1.29 is 4.79 Å². The fourth-order valence-electron chi connectivity index (χ4n) is 2.64. The Morgan fingerprint density at radius 3 is 3.05 bits per heavy atom. The van der Waals surface area contributed by atoms with Crippen LogP contribution in [0.2, 0.25) is 0 Å². The quantitative estimate of drug-likeness (QED) is 0.620. The van der Waals surface area contributed by atoms with Gasteiger partial charge in [-0.1, -0.05) is 0 Å². The second kappa shape index (κ2) is 3.47. The Hall–Kier alpha value is -2.56. The van der Waals surface area contributed by atoms with Crippen LogP contribution in [0.1, 0.15) is 21.6 Å². The maximum atomic E-state index is 11.6. The van der Waals surface area contributed by atoms with E-state index in [2.05, 4.69) is 33.3 Å². The lowest BCUT2D eigenvalue weighted by atomic mass is 10.0. The van der Waals surface area contributed by atoms with Crippen molar-refractivity contribution in [2.75, 3.05) is 0 Å². The van der Waals surface area contributed by atoms with Crippen LogP contribution in [0.25, 0.3) is 22.2 Å². The largest absolute Gasteiger partial charge is 0.356 e. The maximum absolute atomic E-state index is 11.6. The molecule has 0 radical (unpaired) electrons. The third-order valence-corrected chi connectivity index (χ3v) is 3.69. The molecule has 1 aliphatic heterocycles. The third kappa shape index (κ3) is 1.35. The number of hydrogen-bond donors (Lipinski definition) is 3. The van der Waals surface area contributed by atoms with Gasteiger partial charge in [-0.25, -0.2) is 4.98 Å². The molecular formula is C14H12N4O. The van der Waals surface area contributed by atoms with Gasteiger partial charge in [-0.3, -0.25) is 4.79 Å². The second-order valence-electron chi connectivity index (χ2n) is 4.83. The van der Waals surface area contributed by atoms with Gasteiger partial charge >= 0.3 is 0 Å². The second-order valence-corrected chi connectivity index (χ2v) is 4.83. The summed E-state index contributed by atoms with van der Waals surface area (Å²) in [5, 5.41) is 3.94. The van der Waals surface area contributed by atoms with Crippen LogP contribution in [0.15, 0.2) is 24.7 Å². The molecule has 3 N–H and O–H groups in total. The zero-order valence-electron chi connectivity index (χ0n) is 10.4. The Morgan fingerprint density at radius 2 is 2.16 bits per heavy atom. The van der Waals surface area contributed by atoms with Gasteiger partial charge in [0.15, 0.2) is 0 Å². The van der Waals surface area contributed by atoms with Gasteiger partial charge in [-0.15, -0.1) is 0 Å². The number of H-pyrrole nitrogens is 2. The predicted molar refractivity (Wildman–Crippen MR) is 71.8 cm³/mol. The minimum atomic E-state index is -0.0342. The van der Waals surface area contributed by atoms with Crippen LogP contribution in [-0.4, -0.2) is 20.9 Å². The molecule has 0 aromatic carbocycles. The van der Waals surface area contributed by atoms with E-state index >= 15 is 0 Å². The standard InChI is InChI=1S/C14H12N4O/c1-7-3-16-13-9(7)2-8(4-17-13)10-5-15-12-11(10)6-18-14(12)19/h2-5,15H,6H2,1H3,(H,16,17)(H,18,19). The molecule has 5 heteroatoms. The number of carbonyl (C=O) groups excluding carboxylic acids is 1. The van der Waals surface area contributed by atoms with Crippen LogP contribution in [0.5, 0.6) is 0 Å². The van der Waals surface area contributed by atoms with Crippen molar-refractivity contribution in [3.8, 4) is 11.1 Å². The number of nitrogens with one attached hydrogen (secondary N) is 3. The molecule has 0 fully saturated rings. The van der Waals surface area contributed by atoms with E-state index in [1.54, 1.807) is 0 Å². The molecule has 0 atom stereocenters. The topological polar surface area (TPSA) is 73.6 Å². The Morgan fingerprint density at radius 1 is 1.26 bits per heavy atom. The van der Waals surface area contributed by atoms with E-state index in [-0.39, 0.29) is 5.91 Å². The summed E-state index contributed by atoms with van der Waals surface area (Å²) in [6.07, 6.45) is 5.67. The molecule has 19 heavy (non-hydrogen) atoms. The molecule has 0 aliphatic carbocycles. The van der Waals surface area contributed by atoms with Gasteiger partial charge in [0, 0.05) is 47.2 Å². The molecule has 94 valence electrons. The van der Waals surface area contributed by atoms with Gasteiger partial charge in [0.25, 0.3) is 5.91 Å². The fraction of sp³-hybridized carbons (Fsp3) is 0.143. The maximum Gasteiger partial charge on any atom is 0.268 e. The number of aromatic amines is 2. The van der Waals surface area contributed by atoms with Crippen LogP contribution >= 0.6 is 0 Å². The number of rotatable bonds is 1. The molecule has 1 amide bonds. The molecule has 3 aromatic rings. The van der Waals surface area contributed by atoms with E-state index in [1.165, 1.54) is 5.56 Å². The van der Waals surface area contributed by atoms with Gasteiger partial charge < -0.3 is 15.3 Å². The number of aryl methyl sites for hydroxylation is 1. The van der Waals surface area contributed by atoms with E-state index in [1.807, 2.05) is 18.6 Å². The molecule has 4 heterocycles. The Kier molecular flexibility index (Phi) is 1.90. The smallest absolute Gasteiger partial charge is 0.268 e. The van der Waals surface area contributed by atoms with E-state index in [9.17, 15) is 4.79 Å². The first kappa shape index (κ1) is 10.4. The van der Waals surface area contributed by atoms with Gasteiger partial charge in [-0.05, 0) is 18.6 Å². The minimum Gasteiger partial charge on any atom is -0.356 e. The van der Waals surface area contributed by atoms with Crippen molar-refractivity contribution >= 4 is 16.9 Å². The summed E-state index contributed by atoms with van der Waals surface area (Å²) >= 11 is 0. The first-order chi connectivity index (χ1) is 9.24. The van der Waals surface area contributed by atoms with Crippen molar-refractivity contribution in [3.63, 3.8) is 0 Å². The molecule has 0 saturated heterocycles. The number of fused-ring (bicyclic) bond motifs is 2. The predicted octanol–water partition coefficient (Wildman–Crippen LogP) is 2.11. The first-order valence-electron chi connectivity index (χ1n) is 6.16. The van der Waals surface area contributed by atoms with Crippen LogP contribution in [0.4, 0.5) is 0 Å². The molecule has 4 rings (SSSR count). The monoisotopic (exact) mass is 252 g/mol. The molecular weight excluding hydrogens is 240 g/mol. The average molecular weight is 252 g/mol. The summed E-state index contributed by atoms with van der Waals surface area (Å²) < 4.78 is 0. The van der Waals surface area contributed by atoms with Crippen LogP contribution in [0.3, 0.4) is 0 Å². The van der Waals surface area contributed by atoms with Crippen LogP contribution in [-0.2, 0) is 6.54 Å². The lowest BCUT2D eigenvalue weighted by Crippen LogP contribution is -2.13. The van der Waals surface area contributed by atoms with Crippen molar-refractivity contribution in [2.24, 2.45) is 0 Å². The zero-order chi connectivity index (χ0) is 13.0. The summed E-state index contributed by atoms with van der Waals surface area (Å²) in [5.74, 6) is -0.0342. The highest BCUT2D eigenvalue weighted by Gasteiger charge is 2.24. The average Bonchev–Trinajstić information content (AvgIpc) is 3.08. The van der Waals surface area contributed by atoms with E-state index < -0.39 is 0 Å². The van der Waals surface area contributed by atoms with E-state index in [4.69, 9.17) is 0 Å². The lowest BCUT2D eigenvalue weighted by Gasteiger charge is -2.01. The Balaban J connectivity index is 1.93. The van der Waals surface area contributed by atoms with E-state index in [0.717, 1.165) is 27.7 Å². The Bertz CT molecular complexity index is 812. The van der Waals surface area contributed by atoms with Crippen LogP contribution in [0, 0.1) is 6.92 Å². The number of nitrogens with zero attached hydrogens (tertiary/aromatic N) is 1. The number of hydrogen-bond acceptors (Lipinski definition) is 2. The summed E-state index contributed by atoms with van der Waals surface area (Å²) in [6.45, 7) is 2.63. The van der Waals surface area contributed by atoms with E-state index in [0.29, 0.717) is 12.2 Å². The molecule has 0 saturated carbocycles. The number of carbonyl (C=O) groups is 1. The fourth-order valence-corrected chi connectivity index (χ4v) is 2.64. The van der Waals surface area contributed by atoms with Gasteiger partial charge in [0.05, 0.1) is 0 Å². The van der Waals surface area contributed by atoms with Crippen molar-refractivity contribution in [2.45, 2.75) is 13.5 Å². The van der Waals surface area contributed by atoms with Crippen molar-refractivity contribution in [3.05, 3.63) is 41.5 Å². The molecule has 0 unspecified atom stereocenters. The highest BCUT2D eigenvalue weighted by Crippen LogP contribution is 2.30. The van der Waals surface area contributed by atoms with Crippen molar-refractivity contribution in [1.29, 1.82) is 0 Å². The highest BCUT2D eigenvalue weighted by atomic mass is 16.2. The number of amides is 1. The SMILES string of the molecule is Cc1c[nH]c2ncc(-c3c[nH]c4c3CNC4=O)cc12. The molecule has 1 aliphatic rings. The molecule has 0 spiro atoms. The van der Waals surface area contributed by atoms with Crippen LogP contribution < -0.4 is 5.32 Å². The molecule has 0 bridgehead atoms. The summed E-state index contributed by atoms with van der Waals surface area (Å²) in [6, 6.07) is 2.11. The molecule has 3 aromatic heterocycles. The van der Waals surface area contributed by atoms with Gasteiger partial charge in [0.1, 0.15) is 11.3 Å². The normalized spacial score (nSPS) is 13.8. The summed E-state index contributed by atoms with van der Waals surface area (Å²) in [7, 11) is 0. The third-order valence-electron chi connectivity index (χ3n) is 3.69. The van der Waals surface area contributed by atoms with Crippen molar-refractivity contribution in [1.82, 2.24) is 20.3 Å². The van der Waals surface area contributed by atoms with Gasteiger partial charge in [0.2, 0.25) is 0 Å². The minimum absolute atomic E-state index is 0.0342. The Labute approximate surface area is 109 Å².